The molecule has 5 nitrogen and oxygen atoms in total. The second-order valence-electron chi connectivity index (χ2n) is 5.64. The summed E-state index contributed by atoms with van der Waals surface area (Å²) in [4.78, 5) is 24.1. The van der Waals surface area contributed by atoms with Crippen molar-refractivity contribution >= 4 is 12.1 Å². The quantitative estimate of drug-likeness (QED) is 0.743. The van der Waals surface area contributed by atoms with E-state index in [2.05, 4.69) is 0 Å². The van der Waals surface area contributed by atoms with Crippen LogP contribution >= 0.6 is 0 Å². The minimum atomic E-state index is -0.871. The average molecular weight is 229 g/mol. The smallest absolute Gasteiger partial charge is 0.410 e. The van der Waals surface area contributed by atoms with Crippen molar-refractivity contribution in [3.05, 3.63) is 0 Å². The molecule has 0 aromatic carbocycles. The maximum atomic E-state index is 11.7. The molecule has 16 heavy (non-hydrogen) atoms. The Morgan fingerprint density at radius 1 is 1.38 bits per heavy atom. The summed E-state index contributed by atoms with van der Waals surface area (Å²) in [6.45, 7) is 9.04. The third-order valence-electron chi connectivity index (χ3n) is 2.83. The number of rotatable bonds is 1. The van der Waals surface area contributed by atoms with E-state index in [9.17, 15) is 9.59 Å². The molecule has 1 fully saturated rings. The van der Waals surface area contributed by atoms with E-state index in [-0.39, 0.29) is 6.54 Å². The largest absolute Gasteiger partial charge is 0.481 e. The Hall–Kier alpha value is -1.26. The first-order chi connectivity index (χ1) is 7.05. The van der Waals surface area contributed by atoms with Crippen LogP contribution in [0.5, 0.6) is 0 Å². The van der Waals surface area contributed by atoms with Crippen molar-refractivity contribution in [2.75, 3.05) is 6.54 Å². The summed E-state index contributed by atoms with van der Waals surface area (Å²) in [6.07, 6.45) is -0.449. The third kappa shape index (κ3) is 2.28. The molecule has 1 heterocycles. The van der Waals surface area contributed by atoms with Crippen molar-refractivity contribution in [3.63, 3.8) is 0 Å². The zero-order valence-corrected chi connectivity index (χ0v) is 10.4. The normalized spacial score (nSPS) is 23.6. The monoisotopic (exact) mass is 229 g/mol. The highest BCUT2D eigenvalue weighted by Gasteiger charge is 2.53. The van der Waals surface area contributed by atoms with Crippen molar-refractivity contribution < 1.29 is 19.4 Å². The molecule has 1 amide bonds. The lowest BCUT2D eigenvalue weighted by atomic mass is 9.77. The molecule has 5 heteroatoms. The predicted molar refractivity (Wildman–Crippen MR) is 58.1 cm³/mol. The zero-order valence-electron chi connectivity index (χ0n) is 10.4. The van der Waals surface area contributed by atoms with E-state index < -0.39 is 29.1 Å². The number of hydrogen-bond acceptors (Lipinski definition) is 3. The highest BCUT2D eigenvalue weighted by molar-refractivity contribution is 5.79. The maximum Gasteiger partial charge on any atom is 0.410 e. The standard InChI is InChI=1S/C11H19NO4/c1-10(2,3)16-9(15)12-6-7(8(13)14)11(12,4)5/h7H,6H2,1-5H3,(H,13,14). The number of hydrogen-bond donors (Lipinski definition) is 1. The fourth-order valence-electron chi connectivity index (χ4n) is 1.72. The van der Waals surface area contributed by atoms with Gasteiger partial charge in [-0.1, -0.05) is 0 Å². The van der Waals surface area contributed by atoms with Crippen molar-refractivity contribution in [1.29, 1.82) is 0 Å². The molecule has 1 aliphatic rings. The minimum absolute atomic E-state index is 0.219. The van der Waals surface area contributed by atoms with Gasteiger partial charge in [0.15, 0.2) is 0 Å². The second-order valence-corrected chi connectivity index (χ2v) is 5.64. The number of likely N-dealkylation sites (tertiary alicyclic amines) is 1. The van der Waals surface area contributed by atoms with E-state index in [1.807, 2.05) is 0 Å². The average Bonchev–Trinajstić information content (AvgIpc) is 1.97. The van der Waals surface area contributed by atoms with Crippen molar-refractivity contribution in [1.82, 2.24) is 4.90 Å². The first-order valence-corrected chi connectivity index (χ1v) is 5.29. The summed E-state index contributed by atoms with van der Waals surface area (Å²) < 4.78 is 5.20. The van der Waals surface area contributed by atoms with Crippen LogP contribution in [-0.2, 0) is 9.53 Å². The number of amides is 1. The van der Waals surface area contributed by atoms with E-state index >= 15 is 0 Å². The lowest BCUT2D eigenvalue weighted by molar-refractivity contribution is -0.158. The Morgan fingerprint density at radius 2 is 1.88 bits per heavy atom. The molecular weight excluding hydrogens is 210 g/mol. The molecule has 1 rings (SSSR count). The SMILES string of the molecule is CC(C)(C)OC(=O)N1CC(C(=O)O)C1(C)C. The molecule has 0 bridgehead atoms. The van der Waals surface area contributed by atoms with Gasteiger partial charge in [0, 0.05) is 6.54 Å². The molecule has 1 aliphatic heterocycles. The molecule has 0 aromatic rings. The third-order valence-corrected chi connectivity index (χ3v) is 2.83. The van der Waals surface area contributed by atoms with Gasteiger partial charge in [0.2, 0.25) is 0 Å². The molecule has 1 N–H and O–H groups in total. The van der Waals surface area contributed by atoms with Gasteiger partial charge in [-0.2, -0.15) is 0 Å². The highest BCUT2D eigenvalue weighted by Crippen LogP contribution is 2.37. The molecule has 92 valence electrons. The Kier molecular flexibility index (Phi) is 2.92. The van der Waals surface area contributed by atoms with Gasteiger partial charge >= 0.3 is 12.1 Å². The van der Waals surface area contributed by atoms with Crippen LogP contribution in [0.4, 0.5) is 4.79 Å². The van der Waals surface area contributed by atoms with E-state index in [1.165, 1.54) is 4.90 Å². The Labute approximate surface area is 95.4 Å². The molecule has 1 unspecified atom stereocenters. The lowest BCUT2D eigenvalue weighted by Gasteiger charge is -2.52. The van der Waals surface area contributed by atoms with Crippen LogP contribution in [0.15, 0.2) is 0 Å². The molecule has 0 aliphatic carbocycles. The summed E-state index contributed by atoms with van der Waals surface area (Å²) in [5.41, 5.74) is -1.23. The van der Waals surface area contributed by atoms with E-state index in [1.54, 1.807) is 34.6 Å². The summed E-state index contributed by atoms with van der Waals surface area (Å²) in [7, 11) is 0. The summed E-state index contributed by atoms with van der Waals surface area (Å²) in [6, 6.07) is 0. The number of carbonyl (C=O) groups is 2. The Morgan fingerprint density at radius 3 is 2.19 bits per heavy atom. The first-order valence-electron chi connectivity index (χ1n) is 5.29. The highest BCUT2D eigenvalue weighted by atomic mass is 16.6. The molecule has 0 aromatic heterocycles. The van der Waals surface area contributed by atoms with Crippen LogP contribution in [0.3, 0.4) is 0 Å². The van der Waals surface area contributed by atoms with Gasteiger partial charge in [-0.15, -0.1) is 0 Å². The van der Waals surface area contributed by atoms with Gasteiger partial charge in [0.1, 0.15) is 5.60 Å². The van der Waals surface area contributed by atoms with E-state index in [4.69, 9.17) is 9.84 Å². The molecular formula is C11H19NO4. The van der Waals surface area contributed by atoms with Gasteiger partial charge in [-0.3, -0.25) is 4.79 Å². The Balaban J connectivity index is 2.66. The van der Waals surface area contributed by atoms with Gasteiger partial charge in [0.25, 0.3) is 0 Å². The van der Waals surface area contributed by atoms with Gasteiger partial charge in [-0.05, 0) is 34.6 Å². The summed E-state index contributed by atoms with van der Waals surface area (Å²) in [5, 5.41) is 8.92. The van der Waals surface area contributed by atoms with Crippen LogP contribution in [0.1, 0.15) is 34.6 Å². The van der Waals surface area contributed by atoms with Crippen LogP contribution in [0.2, 0.25) is 0 Å². The van der Waals surface area contributed by atoms with E-state index in [0.29, 0.717) is 0 Å². The number of nitrogens with zero attached hydrogens (tertiary/aromatic N) is 1. The van der Waals surface area contributed by atoms with Crippen LogP contribution in [0, 0.1) is 5.92 Å². The lowest BCUT2D eigenvalue weighted by Crippen LogP contribution is -2.68. The van der Waals surface area contributed by atoms with Crippen LogP contribution in [-0.4, -0.2) is 39.8 Å². The minimum Gasteiger partial charge on any atom is -0.481 e. The molecule has 0 spiro atoms. The number of aliphatic carboxylic acids is 1. The fraction of sp³-hybridized carbons (Fsp3) is 0.818. The zero-order chi connectivity index (χ0) is 12.7. The van der Waals surface area contributed by atoms with Crippen molar-refractivity contribution in [2.45, 2.75) is 45.8 Å². The van der Waals surface area contributed by atoms with Crippen molar-refractivity contribution in [3.8, 4) is 0 Å². The number of ether oxygens (including phenoxy) is 1. The first kappa shape index (κ1) is 12.8. The van der Waals surface area contributed by atoms with Crippen LogP contribution < -0.4 is 0 Å². The number of carboxylic acids is 1. The van der Waals surface area contributed by atoms with Gasteiger partial charge in [-0.25, -0.2) is 4.79 Å². The molecule has 1 saturated heterocycles. The number of carbonyl (C=O) groups excluding carboxylic acids is 1. The maximum absolute atomic E-state index is 11.7. The van der Waals surface area contributed by atoms with Gasteiger partial charge in [0.05, 0.1) is 11.5 Å². The molecule has 0 saturated carbocycles. The number of carboxylic acid groups (broad SMARTS) is 1. The Bertz CT molecular complexity index is 316. The van der Waals surface area contributed by atoms with Crippen LogP contribution in [0.25, 0.3) is 0 Å². The molecule has 0 radical (unpaired) electrons. The topological polar surface area (TPSA) is 66.8 Å². The van der Waals surface area contributed by atoms with Crippen molar-refractivity contribution in [2.24, 2.45) is 5.92 Å². The van der Waals surface area contributed by atoms with Gasteiger partial charge < -0.3 is 14.7 Å². The summed E-state index contributed by atoms with van der Waals surface area (Å²) in [5.74, 6) is -1.38. The molecule has 1 atom stereocenters. The fourth-order valence-corrected chi connectivity index (χ4v) is 1.72. The second kappa shape index (κ2) is 3.64. The van der Waals surface area contributed by atoms with E-state index in [0.717, 1.165) is 0 Å². The summed E-state index contributed by atoms with van der Waals surface area (Å²) >= 11 is 0. The predicted octanol–water partition coefficient (Wildman–Crippen LogP) is 1.72.